The third-order valence-electron chi connectivity index (χ3n) is 4.92. The van der Waals surface area contributed by atoms with E-state index in [0.29, 0.717) is 24.2 Å². The molecule has 138 valence electrons. The molecule has 0 bridgehead atoms. The topological polar surface area (TPSA) is 63.1 Å². The van der Waals surface area contributed by atoms with Gasteiger partial charge in [-0.1, -0.05) is 36.4 Å². The molecule has 3 aromatic rings. The Morgan fingerprint density at radius 3 is 2.78 bits per heavy atom. The van der Waals surface area contributed by atoms with Crippen molar-refractivity contribution in [1.29, 1.82) is 0 Å². The molecule has 4 rings (SSSR count). The fourth-order valence-corrected chi connectivity index (χ4v) is 3.51. The number of benzene rings is 2. The van der Waals surface area contributed by atoms with Gasteiger partial charge in [0, 0.05) is 23.0 Å². The van der Waals surface area contributed by atoms with E-state index in [4.69, 9.17) is 0 Å². The number of aromatic nitrogens is 1. The van der Waals surface area contributed by atoms with Crippen LogP contribution in [0.15, 0.2) is 54.6 Å². The van der Waals surface area contributed by atoms with Crippen LogP contribution in [0.5, 0.6) is 0 Å². The second-order valence-electron chi connectivity index (χ2n) is 6.73. The fourth-order valence-electron chi connectivity index (χ4n) is 3.51. The van der Waals surface area contributed by atoms with Gasteiger partial charge >= 0.3 is 0 Å². The van der Waals surface area contributed by atoms with Gasteiger partial charge in [-0.15, -0.1) is 0 Å². The van der Waals surface area contributed by atoms with Crippen LogP contribution in [0.2, 0.25) is 0 Å². The van der Waals surface area contributed by atoms with E-state index < -0.39 is 6.04 Å². The molecular weight excluding hydrogens is 345 g/mol. The lowest BCUT2D eigenvalue weighted by molar-refractivity contribution is -0.124. The van der Waals surface area contributed by atoms with Gasteiger partial charge in [-0.05, 0) is 31.0 Å². The molecule has 0 unspecified atom stereocenters. The number of fused-ring (bicyclic) bond motifs is 1. The molecule has 0 spiro atoms. The number of carbonyl (C=O) groups excluding carboxylic acids is 2. The highest BCUT2D eigenvalue weighted by Gasteiger charge is 2.26. The van der Waals surface area contributed by atoms with Crippen LogP contribution in [-0.4, -0.2) is 29.0 Å². The summed E-state index contributed by atoms with van der Waals surface area (Å²) in [6.07, 6.45) is 1.44. The average molecular weight is 365 g/mol. The van der Waals surface area contributed by atoms with Crippen LogP contribution >= 0.6 is 0 Å². The van der Waals surface area contributed by atoms with Crippen molar-refractivity contribution >= 4 is 22.7 Å². The molecule has 2 N–H and O–H groups in total. The molecule has 1 saturated heterocycles. The zero-order chi connectivity index (χ0) is 18.8. The van der Waals surface area contributed by atoms with Crippen LogP contribution in [-0.2, 0) is 11.3 Å². The Morgan fingerprint density at radius 1 is 1.19 bits per heavy atom. The summed E-state index contributed by atoms with van der Waals surface area (Å²) in [5, 5.41) is 6.48. The van der Waals surface area contributed by atoms with Crippen molar-refractivity contribution in [2.45, 2.75) is 25.4 Å². The van der Waals surface area contributed by atoms with Gasteiger partial charge < -0.3 is 15.2 Å². The molecule has 2 amide bonds. The predicted octanol–water partition coefficient (Wildman–Crippen LogP) is 2.84. The highest BCUT2D eigenvalue weighted by molar-refractivity contribution is 6.01. The van der Waals surface area contributed by atoms with Gasteiger partial charge in [-0.3, -0.25) is 9.59 Å². The van der Waals surface area contributed by atoms with E-state index in [1.165, 1.54) is 6.07 Å². The van der Waals surface area contributed by atoms with E-state index in [1.54, 1.807) is 28.8 Å². The minimum Gasteiger partial charge on any atom is -0.354 e. The molecule has 1 aliphatic heterocycles. The largest absolute Gasteiger partial charge is 0.354 e. The minimum absolute atomic E-state index is 0.161. The molecule has 1 aromatic heterocycles. The van der Waals surface area contributed by atoms with Crippen LogP contribution in [0.25, 0.3) is 10.9 Å². The Bertz CT molecular complexity index is 1010. The first-order chi connectivity index (χ1) is 13.1. The monoisotopic (exact) mass is 365 g/mol. The summed E-state index contributed by atoms with van der Waals surface area (Å²) in [7, 11) is 0. The lowest BCUT2D eigenvalue weighted by Crippen LogP contribution is -2.50. The summed E-state index contributed by atoms with van der Waals surface area (Å²) >= 11 is 0. The highest BCUT2D eigenvalue weighted by Crippen LogP contribution is 2.22. The number of hydrogen-bond donors (Lipinski definition) is 2. The number of amides is 2. The van der Waals surface area contributed by atoms with Gasteiger partial charge in [-0.2, -0.15) is 0 Å². The summed E-state index contributed by atoms with van der Waals surface area (Å²) in [6.45, 7) is 0.874. The van der Waals surface area contributed by atoms with Crippen LogP contribution in [0.4, 0.5) is 4.39 Å². The summed E-state index contributed by atoms with van der Waals surface area (Å²) in [4.78, 5) is 24.9. The summed E-state index contributed by atoms with van der Waals surface area (Å²) in [6, 6.07) is 15.4. The fraction of sp³-hybridized carbons (Fsp3) is 0.238. The smallest absolute Gasteiger partial charge is 0.268 e. The number of nitrogens with one attached hydrogen (secondary N) is 2. The van der Waals surface area contributed by atoms with E-state index in [-0.39, 0.29) is 24.2 Å². The molecular formula is C21H20FN3O2. The van der Waals surface area contributed by atoms with Crippen LogP contribution in [0, 0.1) is 5.82 Å². The van der Waals surface area contributed by atoms with Crippen LogP contribution in [0.1, 0.15) is 28.9 Å². The summed E-state index contributed by atoms with van der Waals surface area (Å²) in [5.41, 5.74) is 1.76. The number of piperidine rings is 1. The third-order valence-corrected chi connectivity index (χ3v) is 4.92. The minimum atomic E-state index is -0.536. The average Bonchev–Trinajstić information content (AvgIpc) is 3.04. The lowest BCUT2D eigenvalue weighted by Gasteiger charge is -2.23. The summed E-state index contributed by atoms with van der Waals surface area (Å²) < 4.78 is 16.0. The Labute approximate surface area is 156 Å². The first-order valence-electron chi connectivity index (χ1n) is 9.04. The molecule has 5 nitrogen and oxygen atoms in total. The maximum Gasteiger partial charge on any atom is 0.268 e. The van der Waals surface area contributed by atoms with Crippen LogP contribution < -0.4 is 10.6 Å². The second kappa shape index (κ2) is 7.23. The number of carbonyl (C=O) groups is 2. The van der Waals surface area contributed by atoms with Gasteiger partial charge in [0.1, 0.15) is 17.6 Å². The predicted molar refractivity (Wildman–Crippen MR) is 101 cm³/mol. The number of hydrogen-bond acceptors (Lipinski definition) is 2. The third kappa shape index (κ3) is 3.43. The maximum atomic E-state index is 14.2. The SMILES string of the molecule is O=C(N[C@@H]1CCCNC1=O)c1cc2ccccc2n1Cc1ccccc1F. The van der Waals surface area contributed by atoms with Crippen molar-refractivity contribution in [2.24, 2.45) is 0 Å². The first kappa shape index (κ1) is 17.3. The van der Waals surface area contributed by atoms with Crippen molar-refractivity contribution in [3.05, 3.63) is 71.7 Å². The molecule has 1 atom stereocenters. The zero-order valence-corrected chi connectivity index (χ0v) is 14.7. The highest BCUT2D eigenvalue weighted by atomic mass is 19.1. The van der Waals surface area contributed by atoms with Gasteiger partial charge in [0.05, 0.1) is 6.54 Å². The number of rotatable bonds is 4. The zero-order valence-electron chi connectivity index (χ0n) is 14.7. The Balaban J connectivity index is 1.70. The van der Waals surface area contributed by atoms with Gasteiger partial charge in [0.25, 0.3) is 5.91 Å². The van der Waals surface area contributed by atoms with Gasteiger partial charge in [-0.25, -0.2) is 4.39 Å². The van der Waals surface area contributed by atoms with E-state index in [2.05, 4.69) is 10.6 Å². The Morgan fingerprint density at radius 2 is 1.96 bits per heavy atom. The van der Waals surface area contributed by atoms with Gasteiger partial charge in [0.15, 0.2) is 0 Å². The number of para-hydroxylation sites is 1. The number of halogens is 1. The molecule has 0 saturated carbocycles. The molecule has 2 heterocycles. The summed E-state index contributed by atoms with van der Waals surface area (Å²) in [5.74, 6) is -0.802. The van der Waals surface area contributed by atoms with E-state index in [1.807, 2.05) is 24.3 Å². The van der Waals surface area contributed by atoms with Crippen molar-refractivity contribution in [1.82, 2.24) is 15.2 Å². The first-order valence-corrected chi connectivity index (χ1v) is 9.04. The van der Waals surface area contributed by atoms with Crippen molar-refractivity contribution in [3.63, 3.8) is 0 Å². The van der Waals surface area contributed by atoms with E-state index in [9.17, 15) is 14.0 Å². The number of nitrogens with zero attached hydrogens (tertiary/aromatic N) is 1. The molecule has 1 fully saturated rings. The van der Waals surface area contributed by atoms with Crippen molar-refractivity contribution in [3.8, 4) is 0 Å². The molecule has 27 heavy (non-hydrogen) atoms. The lowest BCUT2D eigenvalue weighted by atomic mass is 10.1. The molecule has 0 aliphatic carbocycles. The van der Waals surface area contributed by atoms with Gasteiger partial charge in [0.2, 0.25) is 5.91 Å². The molecule has 2 aromatic carbocycles. The van der Waals surface area contributed by atoms with Crippen LogP contribution in [0.3, 0.4) is 0 Å². The molecule has 1 aliphatic rings. The quantitative estimate of drug-likeness (QED) is 0.747. The second-order valence-corrected chi connectivity index (χ2v) is 6.73. The Hall–Kier alpha value is -3.15. The molecule has 6 heteroatoms. The standard InChI is InChI=1S/C21H20FN3O2/c22-16-8-3-1-7-15(16)13-25-18-10-4-2-6-14(18)12-19(25)21(27)24-17-9-5-11-23-20(17)26/h1-4,6-8,10,12,17H,5,9,11,13H2,(H,23,26)(H,24,27)/t17-/m1/s1. The Kier molecular flexibility index (Phi) is 4.62. The van der Waals surface area contributed by atoms with E-state index >= 15 is 0 Å². The molecule has 0 radical (unpaired) electrons. The maximum absolute atomic E-state index is 14.2. The normalized spacial score (nSPS) is 16.9. The van der Waals surface area contributed by atoms with Crippen molar-refractivity contribution < 1.29 is 14.0 Å². The van der Waals surface area contributed by atoms with Crippen molar-refractivity contribution in [2.75, 3.05) is 6.54 Å². The van der Waals surface area contributed by atoms with E-state index in [0.717, 1.165) is 17.3 Å².